The maximum absolute atomic E-state index is 13.9. The molecule has 1 aromatic rings. The molecule has 0 radical (unpaired) electrons. The van der Waals surface area contributed by atoms with Gasteiger partial charge in [-0.2, -0.15) is 0 Å². The van der Waals surface area contributed by atoms with Crippen molar-refractivity contribution < 1.29 is 28.7 Å². The standard InChI is InChI=1S/C36H61IN2O6Si/c1-21(2)33-19-31(40)26(10)15-25(9)16-27(11)35(42)38-20-34(41)39(12)30(36(43)44-33)18-28-13-14-32(29(37)17-28)45-46(22(3)4,23(5)6)24(7)8/h13-14,17,21-27,30-31,33,40H,15-16,18-20H2,1-12H3,(H,38,42)/t25-,26+,27-,30?,31-,33?/m0/s1. The number of benzene rings is 1. The molecular weight excluding hydrogens is 711 g/mol. The van der Waals surface area contributed by atoms with E-state index < -0.39 is 32.5 Å². The highest BCUT2D eigenvalue weighted by Gasteiger charge is 2.47. The third-order valence-electron chi connectivity index (χ3n) is 10.1. The summed E-state index contributed by atoms with van der Waals surface area (Å²) in [6, 6.07) is 5.07. The van der Waals surface area contributed by atoms with Crippen LogP contribution >= 0.6 is 22.6 Å². The molecule has 2 amide bonds. The zero-order valence-electron chi connectivity index (χ0n) is 30.4. The van der Waals surface area contributed by atoms with Gasteiger partial charge in [0.15, 0.2) is 0 Å². The van der Waals surface area contributed by atoms with Crippen LogP contribution in [0.4, 0.5) is 0 Å². The number of hydrogen-bond donors (Lipinski definition) is 2. The van der Waals surface area contributed by atoms with E-state index in [2.05, 4.69) is 76.4 Å². The molecule has 10 heteroatoms. The number of nitrogens with zero attached hydrogens (tertiary/aromatic N) is 1. The number of rotatable bonds is 8. The first-order valence-corrected chi connectivity index (χ1v) is 20.4. The number of ether oxygens (including phenoxy) is 1. The highest BCUT2D eigenvalue weighted by atomic mass is 127. The van der Waals surface area contributed by atoms with Crippen molar-refractivity contribution in [3.63, 3.8) is 0 Å². The van der Waals surface area contributed by atoms with Crippen molar-refractivity contribution in [2.75, 3.05) is 13.6 Å². The van der Waals surface area contributed by atoms with E-state index >= 15 is 0 Å². The zero-order valence-corrected chi connectivity index (χ0v) is 33.5. The lowest BCUT2D eigenvalue weighted by Gasteiger charge is -2.42. The number of carbonyl (C=O) groups excluding carboxylic acids is 3. The quantitative estimate of drug-likeness (QED) is 0.163. The highest BCUT2D eigenvalue weighted by molar-refractivity contribution is 14.1. The van der Waals surface area contributed by atoms with E-state index in [0.717, 1.165) is 21.3 Å². The maximum Gasteiger partial charge on any atom is 0.329 e. The Kier molecular flexibility index (Phi) is 15.5. The minimum atomic E-state index is -2.17. The molecule has 1 aliphatic rings. The van der Waals surface area contributed by atoms with Crippen LogP contribution in [0.1, 0.15) is 101 Å². The van der Waals surface area contributed by atoms with Crippen molar-refractivity contribution >= 4 is 48.7 Å². The summed E-state index contributed by atoms with van der Waals surface area (Å²) in [5.74, 6) is -0.336. The minimum absolute atomic E-state index is 0.0206. The number of carbonyl (C=O) groups is 3. The van der Waals surface area contributed by atoms with Crippen molar-refractivity contribution in [2.45, 2.75) is 137 Å². The Morgan fingerprint density at radius 1 is 0.978 bits per heavy atom. The summed E-state index contributed by atoms with van der Waals surface area (Å²) in [5, 5.41) is 13.9. The number of aliphatic hydroxyl groups excluding tert-OH is 1. The lowest BCUT2D eigenvalue weighted by atomic mass is 9.84. The second-order valence-electron chi connectivity index (χ2n) is 15.1. The fourth-order valence-corrected chi connectivity index (χ4v) is 13.5. The lowest BCUT2D eigenvalue weighted by Crippen LogP contribution is -2.51. The first-order valence-electron chi connectivity index (χ1n) is 17.2. The van der Waals surface area contributed by atoms with Crippen LogP contribution in [0.15, 0.2) is 18.2 Å². The molecule has 262 valence electrons. The van der Waals surface area contributed by atoms with Crippen LogP contribution in [0.2, 0.25) is 16.6 Å². The van der Waals surface area contributed by atoms with Crippen LogP contribution in [-0.4, -0.2) is 67.9 Å². The smallest absolute Gasteiger partial charge is 0.329 e. The van der Waals surface area contributed by atoms with Crippen LogP contribution in [0.25, 0.3) is 0 Å². The average molecular weight is 773 g/mol. The largest absolute Gasteiger partial charge is 0.542 e. The average Bonchev–Trinajstić information content (AvgIpc) is 2.95. The minimum Gasteiger partial charge on any atom is -0.542 e. The van der Waals surface area contributed by atoms with Gasteiger partial charge in [-0.05, 0) is 87.5 Å². The molecule has 0 saturated carbocycles. The van der Waals surface area contributed by atoms with Gasteiger partial charge in [-0.25, -0.2) is 4.79 Å². The number of halogens is 1. The molecule has 46 heavy (non-hydrogen) atoms. The van der Waals surface area contributed by atoms with Gasteiger partial charge in [0.05, 0.1) is 16.2 Å². The third kappa shape index (κ3) is 10.4. The van der Waals surface area contributed by atoms with E-state index in [4.69, 9.17) is 9.16 Å². The number of amides is 2. The topological polar surface area (TPSA) is 105 Å². The second-order valence-corrected chi connectivity index (χ2v) is 21.6. The Morgan fingerprint density at radius 3 is 2.09 bits per heavy atom. The highest BCUT2D eigenvalue weighted by Crippen LogP contribution is 2.43. The summed E-state index contributed by atoms with van der Waals surface area (Å²) in [4.78, 5) is 41.6. The molecule has 6 atom stereocenters. The van der Waals surface area contributed by atoms with E-state index in [-0.39, 0.29) is 48.5 Å². The summed E-state index contributed by atoms with van der Waals surface area (Å²) in [7, 11) is -0.577. The van der Waals surface area contributed by atoms with Gasteiger partial charge >= 0.3 is 5.97 Å². The van der Waals surface area contributed by atoms with E-state index in [1.807, 2.05) is 45.9 Å². The normalized spacial score (nSPS) is 26.6. The van der Waals surface area contributed by atoms with Crippen LogP contribution in [-0.2, 0) is 25.5 Å². The molecule has 2 N–H and O–H groups in total. The Balaban J connectivity index is 2.45. The Hall–Kier alpha value is -1.66. The number of likely N-dealkylation sites (N-methyl/N-ethyl adjacent to an activating group) is 1. The van der Waals surface area contributed by atoms with Gasteiger partial charge in [0.25, 0.3) is 8.32 Å². The van der Waals surface area contributed by atoms with Crippen LogP contribution in [0.3, 0.4) is 0 Å². The predicted molar refractivity (Wildman–Crippen MR) is 196 cm³/mol. The molecule has 0 bridgehead atoms. The van der Waals surface area contributed by atoms with Crippen molar-refractivity contribution in [1.29, 1.82) is 0 Å². The number of aliphatic hydroxyl groups is 1. The SMILES string of the molecule is CC(C)C1C[C@H](O)[C@H](C)C[C@H](C)C[C@H](C)C(=O)NCC(=O)N(C)C(Cc2ccc(O[Si](C(C)C)(C(C)C)C(C)C)c(I)c2)C(=O)O1. The van der Waals surface area contributed by atoms with Gasteiger partial charge in [0, 0.05) is 25.8 Å². The molecule has 2 unspecified atom stereocenters. The Labute approximate surface area is 293 Å². The zero-order chi connectivity index (χ0) is 35.1. The molecule has 0 spiro atoms. The van der Waals surface area contributed by atoms with E-state index in [0.29, 0.717) is 29.5 Å². The number of cyclic esters (lactones) is 1. The van der Waals surface area contributed by atoms with Crippen LogP contribution < -0.4 is 9.74 Å². The monoisotopic (exact) mass is 772 g/mol. The van der Waals surface area contributed by atoms with E-state index in [1.165, 1.54) is 4.90 Å². The van der Waals surface area contributed by atoms with Gasteiger partial charge in [-0.3, -0.25) is 9.59 Å². The maximum atomic E-state index is 13.9. The summed E-state index contributed by atoms with van der Waals surface area (Å²) in [5.41, 5.74) is 2.16. The fourth-order valence-electron chi connectivity index (χ4n) is 7.29. The molecule has 1 heterocycles. The second kappa shape index (κ2) is 17.7. The Bertz CT molecular complexity index is 1150. The molecule has 0 aromatic heterocycles. The number of hydrogen-bond acceptors (Lipinski definition) is 6. The van der Waals surface area contributed by atoms with E-state index in [1.54, 1.807) is 7.05 Å². The molecule has 0 aliphatic carbocycles. The number of nitrogens with one attached hydrogen (secondary N) is 1. The van der Waals surface area contributed by atoms with Crippen LogP contribution in [0, 0.1) is 27.2 Å². The summed E-state index contributed by atoms with van der Waals surface area (Å²) in [6.07, 6.45) is 0.791. The summed E-state index contributed by atoms with van der Waals surface area (Å²) < 4.78 is 14.0. The molecule has 1 aliphatic heterocycles. The van der Waals surface area contributed by atoms with Gasteiger partial charge < -0.3 is 24.5 Å². The molecule has 2 rings (SSSR count). The van der Waals surface area contributed by atoms with Crippen molar-refractivity contribution in [3.05, 3.63) is 27.3 Å². The molecule has 1 saturated heterocycles. The molecule has 8 nitrogen and oxygen atoms in total. The molecular formula is C36H61IN2O6Si. The predicted octanol–water partition coefficient (Wildman–Crippen LogP) is 7.35. The Morgan fingerprint density at radius 2 is 1.57 bits per heavy atom. The number of esters is 1. The fraction of sp³-hybridized carbons (Fsp3) is 0.750. The summed E-state index contributed by atoms with van der Waals surface area (Å²) in [6.45, 7) is 23.3. The van der Waals surface area contributed by atoms with Gasteiger partial charge in [-0.1, -0.05) is 82.2 Å². The first-order chi connectivity index (χ1) is 21.3. The molecule has 1 aromatic carbocycles. The molecule has 1 fully saturated rings. The van der Waals surface area contributed by atoms with Crippen molar-refractivity contribution in [2.24, 2.45) is 23.7 Å². The van der Waals surface area contributed by atoms with E-state index in [9.17, 15) is 19.5 Å². The van der Waals surface area contributed by atoms with Crippen LogP contribution in [0.5, 0.6) is 5.75 Å². The first kappa shape index (κ1) is 40.5. The van der Waals surface area contributed by atoms with Crippen molar-refractivity contribution in [1.82, 2.24) is 10.2 Å². The lowest BCUT2D eigenvalue weighted by molar-refractivity contribution is -0.162. The summed E-state index contributed by atoms with van der Waals surface area (Å²) >= 11 is 2.30. The van der Waals surface area contributed by atoms with Gasteiger partial charge in [-0.15, -0.1) is 0 Å². The third-order valence-corrected chi connectivity index (χ3v) is 16.9. The van der Waals surface area contributed by atoms with Crippen molar-refractivity contribution in [3.8, 4) is 5.75 Å². The van der Waals surface area contributed by atoms with Gasteiger partial charge in [0.2, 0.25) is 11.8 Å². The van der Waals surface area contributed by atoms with Gasteiger partial charge in [0.1, 0.15) is 17.9 Å².